The second kappa shape index (κ2) is 9.85. The molecular weight excluding hydrogens is 364 g/mol. The summed E-state index contributed by atoms with van der Waals surface area (Å²) in [6, 6.07) is 11.3. The molecule has 0 spiro atoms. The summed E-state index contributed by atoms with van der Waals surface area (Å²) in [7, 11) is 0. The molecule has 0 amide bonds. The Kier molecular flexibility index (Phi) is 6.98. The molecule has 6 heteroatoms. The van der Waals surface area contributed by atoms with Gasteiger partial charge in [-0.3, -0.25) is 19.7 Å². The van der Waals surface area contributed by atoms with Crippen molar-refractivity contribution in [2.75, 3.05) is 39.3 Å². The molecule has 2 saturated heterocycles. The molecule has 0 aliphatic carbocycles. The second-order valence-corrected chi connectivity index (χ2v) is 8.49. The highest BCUT2D eigenvalue weighted by Crippen LogP contribution is 2.23. The number of furan rings is 1. The van der Waals surface area contributed by atoms with Gasteiger partial charge in [0.25, 0.3) is 0 Å². The minimum Gasteiger partial charge on any atom is -0.468 e. The van der Waals surface area contributed by atoms with Crippen LogP contribution in [0.4, 0.5) is 0 Å². The van der Waals surface area contributed by atoms with Gasteiger partial charge >= 0.3 is 0 Å². The van der Waals surface area contributed by atoms with Crippen LogP contribution >= 0.6 is 0 Å². The predicted molar refractivity (Wildman–Crippen MR) is 113 cm³/mol. The van der Waals surface area contributed by atoms with Crippen molar-refractivity contribution in [1.82, 2.24) is 19.7 Å². The second-order valence-electron chi connectivity index (χ2n) is 8.49. The third kappa shape index (κ3) is 5.45. The largest absolute Gasteiger partial charge is 0.468 e. The Bertz CT molecular complexity index is 743. The number of likely N-dealkylation sites (tertiary alicyclic amines) is 1. The minimum atomic E-state index is 0.248. The summed E-state index contributed by atoms with van der Waals surface area (Å²) >= 11 is 0. The normalized spacial score (nSPS) is 22.9. The zero-order valence-corrected chi connectivity index (χ0v) is 17.5. The van der Waals surface area contributed by atoms with E-state index < -0.39 is 0 Å². The molecule has 158 valence electrons. The summed E-state index contributed by atoms with van der Waals surface area (Å²) in [5.74, 6) is 1.06. The van der Waals surface area contributed by atoms with Crippen LogP contribution in [-0.2, 0) is 13.1 Å². The Morgan fingerprint density at radius 2 is 1.93 bits per heavy atom. The predicted octanol–water partition coefficient (Wildman–Crippen LogP) is 2.52. The lowest BCUT2D eigenvalue weighted by molar-refractivity contribution is 0.0112. The standard InChI is InChI=1S/C23H34N4O2/c1-19-4-2-5-20(24-19)16-26-12-13-27(17-22(26)9-14-28)21-7-10-25(11-8-21)18-23-6-3-15-29-23/h2-6,15,21-22,28H,7-14,16-18H2,1H3/t22-/m1/s1. The highest BCUT2D eigenvalue weighted by Gasteiger charge is 2.32. The Morgan fingerprint density at radius 3 is 2.66 bits per heavy atom. The summed E-state index contributed by atoms with van der Waals surface area (Å²) in [6.45, 7) is 9.56. The van der Waals surface area contributed by atoms with Crippen molar-refractivity contribution in [2.24, 2.45) is 0 Å². The zero-order valence-electron chi connectivity index (χ0n) is 17.5. The van der Waals surface area contributed by atoms with Crippen molar-refractivity contribution in [3.63, 3.8) is 0 Å². The van der Waals surface area contributed by atoms with E-state index in [9.17, 15) is 5.11 Å². The number of aromatic nitrogens is 1. The molecule has 6 nitrogen and oxygen atoms in total. The number of nitrogens with zero attached hydrogens (tertiary/aromatic N) is 4. The molecule has 2 aliphatic rings. The van der Waals surface area contributed by atoms with Crippen molar-refractivity contribution in [3.8, 4) is 0 Å². The van der Waals surface area contributed by atoms with E-state index in [1.165, 1.54) is 12.8 Å². The fourth-order valence-electron chi connectivity index (χ4n) is 4.84. The smallest absolute Gasteiger partial charge is 0.117 e. The van der Waals surface area contributed by atoms with Crippen LogP contribution in [0.2, 0.25) is 0 Å². The summed E-state index contributed by atoms with van der Waals surface area (Å²) in [5, 5.41) is 9.62. The van der Waals surface area contributed by atoms with E-state index in [4.69, 9.17) is 4.42 Å². The maximum Gasteiger partial charge on any atom is 0.117 e. The Labute approximate surface area is 174 Å². The lowest BCUT2D eigenvalue weighted by atomic mass is 9.99. The highest BCUT2D eigenvalue weighted by atomic mass is 16.3. The number of rotatable bonds is 7. The van der Waals surface area contributed by atoms with E-state index >= 15 is 0 Å². The minimum absolute atomic E-state index is 0.248. The van der Waals surface area contributed by atoms with Gasteiger partial charge in [-0.15, -0.1) is 0 Å². The number of piperidine rings is 1. The molecular formula is C23H34N4O2. The van der Waals surface area contributed by atoms with Crippen molar-refractivity contribution in [2.45, 2.75) is 51.4 Å². The summed E-state index contributed by atoms with van der Waals surface area (Å²) in [4.78, 5) is 12.4. The lowest BCUT2D eigenvalue weighted by Crippen LogP contribution is -2.57. The molecule has 1 atom stereocenters. The highest BCUT2D eigenvalue weighted by molar-refractivity contribution is 5.10. The number of pyridine rings is 1. The molecule has 0 aromatic carbocycles. The van der Waals surface area contributed by atoms with Gasteiger partial charge < -0.3 is 9.52 Å². The first-order chi connectivity index (χ1) is 14.2. The Balaban J connectivity index is 1.30. The molecule has 0 radical (unpaired) electrons. The van der Waals surface area contributed by atoms with Gasteiger partial charge in [-0.1, -0.05) is 6.07 Å². The van der Waals surface area contributed by atoms with E-state index in [1.54, 1.807) is 6.26 Å². The molecule has 0 saturated carbocycles. The van der Waals surface area contributed by atoms with E-state index in [-0.39, 0.29) is 6.61 Å². The van der Waals surface area contributed by atoms with Crippen LogP contribution in [0.5, 0.6) is 0 Å². The fourth-order valence-corrected chi connectivity index (χ4v) is 4.84. The monoisotopic (exact) mass is 398 g/mol. The van der Waals surface area contributed by atoms with Crippen molar-refractivity contribution >= 4 is 0 Å². The zero-order chi connectivity index (χ0) is 20.1. The molecule has 2 aromatic heterocycles. The van der Waals surface area contributed by atoms with Gasteiger partial charge in [0.15, 0.2) is 0 Å². The molecule has 4 heterocycles. The first-order valence-corrected chi connectivity index (χ1v) is 11.0. The molecule has 2 aromatic rings. The van der Waals surface area contributed by atoms with Gasteiger partial charge in [0.2, 0.25) is 0 Å². The first-order valence-electron chi connectivity index (χ1n) is 11.0. The van der Waals surface area contributed by atoms with Gasteiger partial charge in [0.1, 0.15) is 5.76 Å². The quantitative estimate of drug-likeness (QED) is 0.774. The van der Waals surface area contributed by atoms with Crippen LogP contribution in [0.25, 0.3) is 0 Å². The van der Waals surface area contributed by atoms with E-state index in [1.807, 2.05) is 19.1 Å². The molecule has 29 heavy (non-hydrogen) atoms. The molecule has 0 unspecified atom stereocenters. The SMILES string of the molecule is Cc1cccc(CN2CCN(C3CCN(Cc4ccco4)CC3)C[C@H]2CCO)n1. The average molecular weight is 399 g/mol. The van der Waals surface area contributed by atoms with Crippen LogP contribution in [0.3, 0.4) is 0 Å². The average Bonchev–Trinajstić information content (AvgIpc) is 3.23. The molecule has 2 fully saturated rings. The maximum absolute atomic E-state index is 9.62. The molecule has 4 rings (SSSR count). The molecule has 2 aliphatic heterocycles. The van der Waals surface area contributed by atoms with Gasteiger partial charge in [0.05, 0.1) is 18.5 Å². The molecule has 0 bridgehead atoms. The summed E-state index contributed by atoms with van der Waals surface area (Å²) < 4.78 is 5.50. The molecule has 1 N–H and O–H groups in total. The van der Waals surface area contributed by atoms with E-state index in [0.717, 1.165) is 69.4 Å². The van der Waals surface area contributed by atoms with Gasteiger partial charge in [-0.05, 0) is 50.5 Å². The third-order valence-corrected chi connectivity index (χ3v) is 6.44. The van der Waals surface area contributed by atoms with Gasteiger partial charge in [-0.2, -0.15) is 0 Å². The topological polar surface area (TPSA) is 56.0 Å². The van der Waals surface area contributed by atoms with Gasteiger partial charge in [0, 0.05) is 63.7 Å². The summed E-state index contributed by atoms with van der Waals surface area (Å²) in [5.41, 5.74) is 2.20. The number of hydrogen-bond donors (Lipinski definition) is 1. The van der Waals surface area contributed by atoms with Crippen LogP contribution in [0.1, 0.15) is 36.4 Å². The van der Waals surface area contributed by atoms with Crippen LogP contribution < -0.4 is 0 Å². The van der Waals surface area contributed by atoms with E-state index in [2.05, 4.69) is 37.9 Å². The fraction of sp³-hybridized carbons (Fsp3) is 0.609. The number of piperazine rings is 1. The maximum atomic E-state index is 9.62. The lowest BCUT2D eigenvalue weighted by Gasteiger charge is -2.46. The van der Waals surface area contributed by atoms with Crippen molar-refractivity contribution < 1.29 is 9.52 Å². The number of hydrogen-bond acceptors (Lipinski definition) is 6. The summed E-state index contributed by atoms with van der Waals surface area (Å²) in [6.07, 6.45) is 5.02. The number of aliphatic hydroxyl groups excluding tert-OH is 1. The van der Waals surface area contributed by atoms with Gasteiger partial charge in [-0.25, -0.2) is 0 Å². The Morgan fingerprint density at radius 1 is 1.07 bits per heavy atom. The van der Waals surface area contributed by atoms with E-state index in [0.29, 0.717) is 12.1 Å². The first kappa shape index (κ1) is 20.5. The van der Waals surface area contributed by atoms with Crippen LogP contribution in [0.15, 0.2) is 41.0 Å². The van der Waals surface area contributed by atoms with Crippen molar-refractivity contribution in [1.29, 1.82) is 0 Å². The number of aryl methyl sites for hydroxylation is 1. The van der Waals surface area contributed by atoms with Crippen LogP contribution in [-0.4, -0.2) is 76.2 Å². The number of aliphatic hydroxyl groups is 1. The van der Waals surface area contributed by atoms with Crippen molar-refractivity contribution in [3.05, 3.63) is 53.7 Å². The Hall–Kier alpha value is -1.73. The third-order valence-electron chi connectivity index (χ3n) is 6.44. The van der Waals surface area contributed by atoms with Crippen LogP contribution in [0, 0.1) is 6.92 Å².